The van der Waals surface area contributed by atoms with Crippen LogP contribution in [0.2, 0.25) is 0 Å². The largest absolute Gasteiger partial charge is 0.325 e. The molecule has 2 unspecified atom stereocenters. The van der Waals surface area contributed by atoms with Crippen LogP contribution in [0.4, 0.5) is 0 Å². The lowest BCUT2D eigenvalue weighted by Crippen LogP contribution is -2.47. The van der Waals surface area contributed by atoms with Gasteiger partial charge in [-0.25, -0.2) is 0 Å². The zero-order chi connectivity index (χ0) is 11.3. The molecule has 1 saturated carbocycles. The first-order valence-corrected chi connectivity index (χ1v) is 5.65. The monoisotopic (exact) mass is 207 g/mol. The summed E-state index contributed by atoms with van der Waals surface area (Å²) in [5, 5.41) is 7.40. The van der Waals surface area contributed by atoms with Gasteiger partial charge in [-0.1, -0.05) is 13.8 Å². The summed E-state index contributed by atoms with van der Waals surface area (Å²) in [5.41, 5.74) is 8.70. The highest BCUT2D eigenvalue weighted by Crippen LogP contribution is 2.53. The lowest BCUT2D eigenvalue weighted by atomic mass is 9.71. The first kappa shape index (κ1) is 10.7. The number of hydrogen-bond donors (Lipinski definition) is 2. The van der Waals surface area contributed by atoms with Crippen LogP contribution in [0.5, 0.6) is 0 Å². The average Bonchev–Trinajstić information content (AvgIpc) is 2.58. The van der Waals surface area contributed by atoms with Crippen LogP contribution < -0.4 is 5.73 Å². The molecule has 1 aromatic rings. The number of hydrogen-bond acceptors (Lipinski definition) is 2. The third-order valence-corrected chi connectivity index (χ3v) is 4.38. The van der Waals surface area contributed by atoms with Crippen molar-refractivity contribution in [1.29, 1.82) is 0 Å². The minimum absolute atomic E-state index is 0.0788. The Bertz CT molecular complexity index is 363. The molecule has 0 aliphatic heterocycles. The number of nitrogens with zero attached hydrogens (tertiary/aromatic N) is 1. The van der Waals surface area contributed by atoms with E-state index in [2.05, 4.69) is 37.0 Å². The first-order chi connectivity index (χ1) is 6.84. The molecule has 0 aromatic carbocycles. The second kappa shape index (κ2) is 3.08. The maximum Gasteiger partial charge on any atom is 0.0661 e. The first-order valence-electron chi connectivity index (χ1n) is 5.65. The van der Waals surface area contributed by atoms with Crippen molar-refractivity contribution in [2.75, 3.05) is 0 Å². The molecule has 0 radical (unpaired) electrons. The summed E-state index contributed by atoms with van der Waals surface area (Å²) < 4.78 is 0. The SMILES string of the molecule is Cc1cc(C2CCC(C)(N)C2(C)C)n[nH]1. The summed E-state index contributed by atoms with van der Waals surface area (Å²) in [5.74, 6) is 0.484. The van der Waals surface area contributed by atoms with Gasteiger partial charge in [-0.05, 0) is 38.2 Å². The molecular weight excluding hydrogens is 186 g/mol. The third-order valence-electron chi connectivity index (χ3n) is 4.38. The third kappa shape index (κ3) is 1.49. The van der Waals surface area contributed by atoms with E-state index < -0.39 is 0 Å². The van der Waals surface area contributed by atoms with Gasteiger partial charge in [-0.2, -0.15) is 5.10 Å². The van der Waals surface area contributed by atoms with Crippen molar-refractivity contribution in [3.63, 3.8) is 0 Å². The highest BCUT2D eigenvalue weighted by molar-refractivity contribution is 5.21. The normalized spacial score (nSPS) is 34.6. The fourth-order valence-corrected chi connectivity index (χ4v) is 2.66. The number of rotatable bonds is 1. The smallest absolute Gasteiger partial charge is 0.0661 e. The Kier molecular flexibility index (Phi) is 2.19. The van der Waals surface area contributed by atoms with E-state index in [1.165, 1.54) is 5.69 Å². The molecule has 0 bridgehead atoms. The standard InChI is InChI=1S/C12H21N3/c1-8-7-10(15-14-8)9-5-6-12(4,13)11(9,2)3/h7,9H,5-6,13H2,1-4H3,(H,14,15). The van der Waals surface area contributed by atoms with Gasteiger partial charge in [0.15, 0.2) is 0 Å². The Morgan fingerprint density at radius 1 is 1.47 bits per heavy atom. The van der Waals surface area contributed by atoms with Gasteiger partial charge >= 0.3 is 0 Å². The zero-order valence-electron chi connectivity index (χ0n) is 10.1. The fraction of sp³-hybridized carbons (Fsp3) is 0.750. The van der Waals surface area contributed by atoms with Crippen LogP contribution in [-0.2, 0) is 0 Å². The topological polar surface area (TPSA) is 54.7 Å². The second-order valence-electron chi connectivity index (χ2n) is 5.71. The van der Waals surface area contributed by atoms with Gasteiger partial charge in [-0.15, -0.1) is 0 Å². The molecule has 2 atom stereocenters. The molecule has 15 heavy (non-hydrogen) atoms. The highest BCUT2D eigenvalue weighted by Gasteiger charge is 2.50. The molecule has 2 rings (SSSR count). The van der Waals surface area contributed by atoms with Crippen molar-refractivity contribution in [2.24, 2.45) is 11.1 Å². The Labute approximate surface area is 91.4 Å². The molecule has 3 heteroatoms. The average molecular weight is 207 g/mol. The van der Waals surface area contributed by atoms with Crippen LogP contribution in [0.25, 0.3) is 0 Å². The Morgan fingerprint density at radius 2 is 2.13 bits per heavy atom. The van der Waals surface area contributed by atoms with Crippen molar-refractivity contribution in [3.8, 4) is 0 Å². The van der Waals surface area contributed by atoms with Gasteiger partial charge < -0.3 is 5.73 Å². The summed E-state index contributed by atoms with van der Waals surface area (Å²) in [6.45, 7) is 8.72. The summed E-state index contributed by atoms with van der Waals surface area (Å²) in [6, 6.07) is 2.15. The molecule has 0 spiro atoms. The van der Waals surface area contributed by atoms with Gasteiger partial charge in [0.1, 0.15) is 0 Å². The van der Waals surface area contributed by atoms with Crippen molar-refractivity contribution >= 4 is 0 Å². The number of nitrogens with one attached hydrogen (secondary N) is 1. The number of H-pyrrole nitrogens is 1. The Morgan fingerprint density at radius 3 is 2.53 bits per heavy atom. The maximum absolute atomic E-state index is 6.35. The molecule has 1 aromatic heterocycles. The summed E-state index contributed by atoms with van der Waals surface area (Å²) in [6.07, 6.45) is 2.22. The van der Waals surface area contributed by atoms with E-state index in [9.17, 15) is 0 Å². The fourth-order valence-electron chi connectivity index (χ4n) is 2.66. The van der Waals surface area contributed by atoms with Gasteiger partial charge in [0.2, 0.25) is 0 Å². The molecule has 1 aliphatic carbocycles. The van der Waals surface area contributed by atoms with E-state index in [0.29, 0.717) is 5.92 Å². The molecule has 1 heterocycles. The molecule has 1 fully saturated rings. The van der Waals surface area contributed by atoms with Crippen LogP contribution >= 0.6 is 0 Å². The van der Waals surface area contributed by atoms with Crippen LogP contribution in [0, 0.1) is 12.3 Å². The molecule has 3 N–H and O–H groups in total. The second-order valence-corrected chi connectivity index (χ2v) is 5.71. The molecular formula is C12H21N3. The van der Waals surface area contributed by atoms with Crippen LogP contribution in [0.1, 0.15) is 50.9 Å². The predicted octanol–water partition coefficient (Wildman–Crippen LogP) is 2.34. The van der Waals surface area contributed by atoms with E-state index in [4.69, 9.17) is 5.73 Å². The van der Waals surface area contributed by atoms with E-state index in [0.717, 1.165) is 18.5 Å². The van der Waals surface area contributed by atoms with Crippen LogP contribution in [0.3, 0.4) is 0 Å². The number of aromatic nitrogens is 2. The Balaban J connectivity index is 2.33. The van der Waals surface area contributed by atoms with E-state index in [1.54, 1.807) is 0 Å². The molecule has 1 aliphatic rings. The minimum atomic E-state index is -0.0788. The van der Waals surface area contributed by atoms with E-state index in [-0.39, 0.29) is 11.0 Å². The van der Waals surface area contributed by atoms with Crippen molar-refractivity contribution in [2.45, 2.75) is 52.0 Å². The van der Waals surface area contributed by atoms with Crippen molar-refractivity contribution in [1.82, 2.24) is 10.2 Å². The molecule has 0 amide bonds. The number of aromatic amines is 1. The summed E-state index contributed by atoms with van der Waals surface area (Å²) in [4.78, 5) is 0. The van der Waals surface area contributed by atoms with E-state index in [1.807, 2.05) is 6.92 Å². The molecule has 3 nitrogen and oxygen atoms in total. The van der Waals surface area contributed by atoms with Crippen LogP contribution in [-0.4, -0.2) is 15.7 Å². The highest BCUT2D eigenvalue weighted by atomic mass is 15.1. The Hall–Kier alpha value is -0.830. The summed E-state index contributed by atoms with van der Waals surface area (Å²) in [7, 11) is 0. The van der Waals surface area contributed by atoms with Crippen molar-refractivity contribution < 1.29 is 0 Å². The quantitative estimate of drug-likeness (QED) is 0.742. The van der Waals surface area contributed by atoms with Crippen molar-refractivity contribution in [3.05, 3.63) is 17.5 Å². The predicted molar refractivity (Wildman–Crippen MR) is 61.7 cm³/mol. The lowest BCUT2D eigenvalue weighted by molar-refractivity contribution is 0.203. The van der Waals surface area contributed by atoms with E-state index >= 15 is 0 Å². The number of aryl methyl sites for hydroxylation is 1. The number of nitrogens with two attached hydrogens (primary N) is 1. The van der Waals surface area contributed by atoms with Gasteiger partial charge in [-0.3, -0.25) is 5.10 Å². The molecule has 84 valence electrons. The van der Waals surface area contributed by atoms with Gasteiger partial charge in [0, 0.05) is 17.2 Å². The van der Waals surface area contributed by atoms with Crippen LogP contribution in [0.15, 0.2) is 6.07 Å². The lowest BCUT2D eigenvalue weighted by Gasteiger charge is -2.38. The zero-order valence-corrected chi connectivity index (χ0v) is 10.1. The summed E-state index contributed by atoms with van der Waals surface area (Å²) >= 11 is 0. The van der Waals surface area contributed by atoms with Gasteiger partial charge in [0.05, 0.1) is 5.69 Å². The van der Waals surface area contributed by atoms with Gasteiger partial charge in [0.25, 0.3) is 0 Å². The maximum atomic E-state index is 6.35. The minimum Gasteiger partial charge on any atom is -0.325 e. The molecule has 0 saturated heterocycles.